The van der Waals surface area contributed by atoms with Crippen LogP contribution in [-0.4, -0.2) is 11.2 Å². The molecule has 0 aromatic heterocycles. The SMILES string of the molecule is CCC[C@@H](O)[C@@H](N)c1cc(C(F)(F)F)ccc1C(F)(F)F.Cl. The zero-order valence-electron chi connectivity index (χ0n) is 11.5. The first-order valence-corrected chi connectivity index (χ1v) is 6.20. The van der Waals surface area contributed by atoms with Gasteiger partial charge in [-0.2, -0.15) is 26.3 Å². The van der Waals surface area contributed by atoms with Gasteiger partial charge in [-0.25, -0.2) is 0 Å². The molecule has 2 atom stereocenters. The lowest BCUT2D eigenvalue weighted by Crippen LogP contribution is -2.29. The molecule has 0 fully saturated rings. The van der Waals surface area contributed by atoms with Crippen molar-refractivity contribution in [2.45, 2.75) is 44.3 Å². The van der Waals surface area contributed by atoms with Crippen molar-refractivity contribution < 1.29 is 31.4 Å². The third kappa shape index (κ3) is 5.03. The van der Waals surface area contributed by atoms with E-state index in [-0.39, 0.29) is 18.8 Å². The fourth-order valence-corrected chi connectivity index (χ4v) is 1.96. The molecule has 0 unspecified atom stereocenters. The Morgan fingerprint density at radius 3 is 2.05 bits per heavy atom. The molecule has 128 valence electrons. The summed E-state index contributed by atoms with van der Waals surface area (Å²) >= 11 is 0. The van der Waals surface area contributed by atoms with Gasteiger partial charge in [0.1, 0.15) is 0 Å². The largest absolute Gasteiger partial charge is 0.416 e. The Balaban J connectivity index is 0.00000441. The average Bonchev–Trinajstić information content (AvgIpc) is 2.35. The molecule has 0 radical (unpaired) electrons. The quantitative estimate of drug-likeness (QED) is 0.794. The van der Waals surface area contributed by atoms with Crippen LogP contribution in [0.15, 0.2) is 18.2 Å². The molecule has 1 aromatic carbocycles. The molecule has 0 aliphatic heterocycles. The van der Waals surface area contributed by atoms with Crippen LogP contribution in [0.5, 0.6) is 0 Å². The maximum absolute atomic E-state index is 12.9. The summed E-state index contributed by atoms with van der Waals surface area (Å²) in [5.41, 5.74) is 2.27. The van der Waals surface area contributed by atoms with E-state index in [0.29, 0.717) is 24.6 Å². The van der Waals surface area contributed by atoms with Gasteiger partial charge in [-0.05, 0) is 30.2 Å². The summed E-state index contributed by atoms with van der Waals surface area (Å²) in [5.74, 6) is 0. The summed E-state index contributed by atoms with van der Waals surface area (Å²) < 4.78 is 76.5. The molecule has 0 saturated carbocycles. The maximum atomic E-state index is 12.9. The highest BCUT2D eigenvalue weighted by Gasteiger charge is 2.39. The Hall–Kier alpha value is -0.990. The van der Waals surface area contributed by atoms with Crippen LogP contribution in [0.25, 0.3) is 0 Å². The fourth-order valence-electron chi connectivity index (χ4n) is 1.96. The highest BCUT2D eigenvalue weighted by Crippen LogP contribution is 2.39. The number of alkyl halides is 6. The minimum absolute atomic E-state index is 0. The molecule has 22 heavy (non-hydrogen) atoms. The van der Waals surface area contributed by atoms with Crippen LogP contribution in [0.2, 0.25) is 0 Å². The zero-order chi connectivity index (χ0) is 16.4. The van der Waals surface area contributed by atoms with Crippen LogP contribution in [0.4, 0.5) is 26.3 Å². The van der Waals surface area contributed by atoms with Crippen molar-refractivity contribution in [3.8, 4) is 0 Å². The first-order chi connectivity index (χ1) is 9.48. The Kier molecular flexibility index (Phi) is 7.18. The van der Waals surface area contributed by atoms with Crippen molar-refractivity contribution in [2.75, 3.05) is 0 Å². The van der Waals surface area contributed by atoms with Gasteiger partial charge >= 0.3 is 12.4 Å². The number of nitrogens with two attached hydrogens (primary N) is 1. The van der Waals surface area contributed by atoms with E-state index in [2.05, 4.69) is 0 Å². The van der Waals surface area contributed by atoms with Gasteiger partial charge in [-0.3, -0.25) is 0 Å². The van der Waals surface area contributed by atoms with Crippen molar-refractivity contribution in [2.24, 2.45) is 5.73 Å². The second-order valence-electron chi connectivity index (χ2n) is 4.68. The number of hydrogen-bond donors (Lipinski definition) is 2. The van der Waals surface area contributed by atoms with Crippen LogP contribution in [0.3, 0.4) is 0 Å². The number of benzene rings is 1. The smallest absolute Gasteiger partial charge is 0.391 e. The molecule has 0 amide bonds. The van der Waals surface area contributed by atoms with E-state index in [0.717, 1.165) is 0 Å². The van der Waals surface area contributed by atoms with Crippen molar-refractivity contribution >= 4 is 12.4 Å². The van der Waals surface area contributed by atoms with Crippen LogP contribution in [0.1, 0.15) is 42.5 Å². The first-order valence-electron chi connectivity index (χ1n) is 6.20. The van der Waals surface area contributed by atoms with Gasteiger partial charge in [0.25, 0.3) is 0 Å². The molecule has 0 aliphatic rings. The van der Waals surface area contributed by atoms with Gasteiger partial charge in [0.15, 0.2) is 0 Å². The summed E-state index contributed by atoms with van der Waals surface area (Å²) in [7, 11) is 0. The number of halogens is 7. The maximum Gasteiger partial charge on any atom is 0.416 e. The third-order valence-corrected chi connectivity index (χ3v) is 3.04. The molecule has 9 heteroatoms. The van der Waals surface area contributed by atoms with Gasteiger partial charge in [0.05, 0.1) is 23.3 Å². The highest BCUT2D eigenvalue weighted by molar-refractivity contribution is 5.85. The van der Waals surface area contributed by atoms with E-state index < -0.39 is 41.2 Å². The monoisotopic (exact) mass is 351 g/mol. The van der Waals surface area contributed by atoms with Crippen molar-refractivity contribution in [1.82, 2.24) is 0 Å². The molecule has 0 aliphatic carbocycles. The normalized spacial score (nSPS) is 15.1. The van der Waals surface area contributed by atoms with Crippen LogP contribution in [-0.2, 0) is 12.4 Å². The lowest BCUT2D eigenvalue weighted by Gasteiger charge is -2.23. The van der Waals surface area contributed by atoms with Crippen LogP contribution < -0.4 is 5.73 Å². The zero-order valence-corrected chi connectivity index (χ0v) is 12.3. The van der Waals surface area contributed by atoms with E-state index in [1.807, 2.05) is 0 Å². The summed E-state index contributed by atoms with van der Waals surface area (Å²) in [6.07, 6.45) is -10.4. The van der Waals surface area contributed by atoms with E-state index in [9.17, 15) is 31.4 Å². The minimum atomic E-state index is -4.84. The van der Waals surface area contributed by atoms with Crippen molar-refractivity contribution in [1.29, 1.82) is 0 Å². The molecule has 0 saturated heterocycles. The average molecular weight is 352 g/mol. The fraction of sp³-hybridized carbons (Fsp3) is 0.538. The predicted molar refractivity (Wildman–Crippen MR) is 71.5 cm³/mol. The third-order valence-electron chi connectivity index (χ3n) is 3.04. The van der Waals surface area contributed by atoms with E-state index >= 15 is 0 Å². The van der Waals surface area contributed by atoms with Gasteiger partial charge < -0.3 is 10.8 Å². The van der Waals surface area contributed by atoms with Crippen molar-refractivity contribution in [3.63, 3.8) is 0 Å². The Morgan fingerprint density at radius 1 is 1.09 bits per heavy atom. The number of aliphatic hydroxyl groups is 1. The Labute approximate surface area is 129 Å². The van der Waals surface area contributed by atoms with E-state index in [4.69, 9.17) is 5.73 Å². The van der Waals surface area contributed by atoms with Crippen molar-refractivity contribution in [3.05, 3.63) is 34.9 Å². The summed E-state index contributed by atoms with van der Waals surface area (Å²) in [4.78, 5) is 0. The second-order valence-corrected chi connectivity index (χ2v) is 4.68. The highest BCUT2D eigenvalue weighted by atomic mass is 35.5. The molecule has 1 rings (SSSR count). The van der Waals surface area contributed by atoms with E-state index in [1.54, 1.807) is 6.92 Å². The van der Waals surface area contributed by atoms with Crippen LogP contribution >= 0.6 is 12.4 Å². The van der Waals surface area contributed by atoms with Gasteiger partial charge in [0.2, 0.25) is 0 Å². The molecular weight excluding hydrogens is 336 g/mol. The van der Waals surface area contributed by atoms with Crippen LogP contribution in [0, 0.1) is 0 Å². The standard InChI is InChI=1S/C13H15F6NO.ClH/c1-2-3-10(21)11(20)8-6-7(12(14,15)16)4-5-9(8)13(17,18)19;/h4-6,10-11,21H,2-3,20H2,1H3;1H/t10-,11+;/m1./s1. The second kappa shape index (κ2) is 7.52. The van der Waals surface area contributed by atoms with Gasteiger partial charge in [-0.15, -0.1) is 12.4 Å². The number of rotatable bonds is 4. The molecule has 2 nitrogen and oxygen atoms in total. The van der Waals surface area contributed by atoms with E-state index in [1.165, 1.54) is 0 Å². The molecule has 3 N–H and O–H groups in total. The Bertz CT molecular complexity index is 488. The van der Waals surface area contributed by atoms with Gasteiger partial charge in [-0.1, -0.05) is 13.3 Å². The summed E-state index contributed by atoms with van der Waals surface area (Å²) in [6.45, 7) is 1.67. The molecule has 0 bridgehead atoms. The lowest BCUT2D eigenvalue weighted by atomic mass is 9.92. The Morgan fingerprint density at radius 2 is 1.64 bits per heavy atom. The predicted octanol–water partition coefficient (Wildman–Crippen LogP) is 4.31. The number of aliphatic hydroxyl groups excluding tert-OH is 1. The number of hydrogen-bond acceptors (Lipinski definition) is 2. The minimum Gasteiger partial charge on any atom is -0.391 e. The summed E-state index contributed by atoms with van der Waals surface area (Å²) in [5, 5.41) is 9.68. The topological polar surface area (TPSA) is 46.2 Å². The molecule has 0 spiro atoms. The molecule has 1 aromatic rings. The molecular formula is C13H16ClF6NO. The molecule has 0 heterocycles. The lowest BCUT2D eigenvalue weighted by molar-refractivity contribution is -0.142. The van der Waals surface area contributed by atoms with Gasteiger partial charge in [0, 0.05) is 0 Å². The summed E-state index contributed by atoms with van der Waals surface area (Å²) in [6, 6.07) is -0.488. The first kappa shape index (κ1) is 21.0.